The zero-order valence-electron chi connectivity index (χ0n) is 14.3. The molecule has 1 unspecified atom stereocenters. The van der Waals surface area contributed by atoms with Crippen molar-refractivity contribution in [3.8, 4) is 5.75 Å². The minimum atomic E-state index is 0.423. The molecule has 3 aromatic carbocycles. The Balaban J connectivity index is 1.52. The molecule has 0 radical (unpaired) electrons. The van der Waals surface area contributed by atoms with Crippen LogP contribution in [-0.2, 0) is 6.42 Å². The molecular formula is C23H23NO. The molecule has 0 N–H and O–H groups in total. The number of hydrogen-bond acceptors (Lipinski definition) is 2. The van der Waals surface area contributed by atoms with Gasteiger partial charge >= 0.3 is 0 Å². The summed E-state index contributed by atoms with van der Waals surface area (Å²) < 4.78 is 5.88. The fraction of sp³-hybridized carbons (Fsp3) is 0.217. The van der Waals surface area contributed by atoms with Gasteiger partial charge in [-0.15, -0.1) is 0 Å². The summed E-state index contributed by atoms with van der Waals surface area (Å²) in [6, 6.07) is 29.9. The Morgan fingerprint density at radius 2 is 1.48 bits per heavy atom. The van der Waals surface area contributed by atoms with Gasteiger partial charge in [0.15, 0.2) is 0 Å². The van der Waals surface area contributed by atoms with E-state index >= 15 is 0 Å². The van der Waals surface area contributed by atoms with E-state index in [0.717, 1.165) is 31.9 Å². The van der Waals surface area contributed by atoms with E-state index in [9.17, 15) is 0 Å². The largest absolute Gasteiger partial charge is 0.493 e. The average Bonchev–Trinajstić information content (AvgIpc) is 3.09. The topological polar surface area (TPSA) is 12.5 Å². The van der Waals surface area contributed by atoms with Crippen molar-refractivity contribution in [3.63, 3.8) is 0 Å². The van der Waals surface area contributed by atoms with Crippen LogP contribution in [0.1, 0.15) is 17.0 Å². The molecule has 0 bridgehead atoms. The third-order valence-electron chi connectivity index (χ3n) is 4.87. The standard InChI is InChI=1S/C23H23NO/c1-3-9-19(10-4-1)15-16-24(21-11-5-2-6-12-21)17-20-18-25-23-14-8-7-13-22(20)23/h1-14,20H,15-18H2. The van der Waals surface area contributed by atoms with Gasteiger partial charge in [0.25, 0.3) is 0 Å². The number of fused-ring (bicyclic) bond motifs is 1. The first kappa shape index (κ1) is 15.8. The van der Waals surface area contributed by atoms with Gasteiger partial charge in [0.2, 0.25) is 0 Å². The van der Waals surface area contributed by atoms with Gasteiger partial charge in [0, 0.05) is 30.3 Å². The van der Waals surface area contributed by atoms with Gasteiger partial charge < -0.3 is 9.64 Å². The van der Waals surface area contributed by atoms with Crippen molar-refractivity contribution in [2.45, 2.75) is 12.3 Å². The molecule has 0 saturated carbocycles. The molecule has 0 aliphatic carbocycles. The van der Waals surface area contributed by atoms with E-state index in [0.29, 0.717) is 5.92 Å². The summed E-state index contributed by atoms with van der Waals surface area (Å²) in [5.74, 6) is 1.47. The third kappa shape index (κ3) is 3.69. The summed E-state index contributed by atoms with van der Waals surface area (Å²) in [6.45, 7) is 2.76. The summed E-state index contributed by atoms with van der Waals surface area (Å²) in [6.07, 6.45) is 1.05. The van der Waals surface area contributed by atoms with Gasteiger partial charge in [-0.3, -0.25) is 0 Å². The number of rotatable bonds is 6. The van der Waals surface area contributed by atoms with Crippen molar-refractivity contribution < 1.29 is 4.74 Å². The van der Waals surface area contributed by atoms with Crippen LogP contribution in [0.4, 0.5) is 5.69 Å². The number of hydrogen-bond donors (Lipinski definition) is 0. The Morgan fingerprint density at radius 1 is 0.800 bits per heavy atom. The molecule has 4 rings (SSSR count). The summed E-state index contributed by atoms with van der Waals surface area (Å²) in [4.78, 5) is 2.49. The van der Waals surface area contributed by atoms with Crippen molar-refractivity contribution >= 4 is 5.69 Å². The molecule has 1 aliphatic heterocycles. The SMILES string of the molecule is c1ccc(CCN(CC2COc3ccccc32)c2ccccc2)cc1. The Bertz CT molecular complexity index is 801. The molecule has 0 saturated heterocycles. The van der Waals surface area contributed by atoms with Gasteiger partial charge in [-0.2, -0.15) is 0 Å². The Morgan fingerprint density at radius 3 is 2.28 bits per heavy atom. The molecule has 3 aromatic rings. The van der Waals surface area contributed by atoms with E-state index in [1.165, 1.54) is 16.8 Å². The lowest BCUT2D eigenvalue weighted by atomic mass is 10.00. The smallest absolute Gasteiger partial charge is 0.122 e. The van der Waals surface area contributed by atoms with Gasteiger partial charge in [0.05, 0.1) is 6.61 Å². The van der Waals surface area contributed by atoms with E-state index in [1.807, 2.05) is 6.07 Å². The average molecular weight is 329 g/mol. The second kappa shape index (κ2) is 7.43. The van der Waals surface area contributed by atoms with Crippen LogP contribution >= 0.6 is 0 Å². The molecule has 0 fully saturated rings. The molecule has 0 spiro atoms. The maximum Gasteiger partial charge on any atom is 0.122 e. The van der Waals surface area contributed by atoms with E-state index in [1.54, 1.807) is 0 Å². The molecule has 126 valence electrons. The van der Waals surface area contributed by atoms with E-state index in [4.69, 9.17) is 4.74 Å². The van der Waals surface area contributed by atoms with Crippen molar-refractivity contribution in [2.24, 2.45) is 0 Å². The molecule has 1 atom stereocenters. The lowest BCUT2D eigenvalue weighted by Crippen LogP contribution is -2.31. The minimum absolute atomic E-state index is 0.423. The fourth-order valence-electron chi connectivity index (χ4n) is 3.52. The number of para-hydroxylation sites is 2. The van der Waals surface area contributed by atoms with Crippen LogP contribution in [0.2, 0.25) is 0 Å². The Hall–Kier alpha value is -2.74. The van der Waals surface area contributed by atoms with Crippen LogP contribution in [0.25, 0.3) is 0 Å². The summed E-state index contributed by atoms with van der Waals surface area (Å²) in [5.41, 5.74) is 4.00. The second-order valence-electron chi connectivity index (χ2n) is 6.56. The highest BCUT2D eigenvalue weighted by molar-refractivity contribution is 5.48. The van der Waals surface area contributed by atoms with Crippen molar-refractivity contribution in [1.82, 2.24) is 0 Å². The van der Waals surface area contributed by atoms with Gasteiger partial charge in [-0.25, -0.2) is 0 Å². The first-order valence-corrected chi connectivity index (χ1v) is 8.96. The molecular weight excluding hydrogens is 306 g/mol. The second-order valence-corrected chi connectivity index (χ2v) is 6.56. The molecule has 2 heteroatoms. The van der Waals surface area contributed by atoms with Crippen LogP contribution in [-0.4, -0.2) is 19.7 Å². The highest BCUT2D eigenvalue weighted by atomic mass is 16.5. The zero-order valence-corrected chi connectivity index (χ0v) is 14.3. The summed E-state index contributed by atoms with van der Waals surface area (Å²) >= 11 is 0. The number of benzene rings is 3. The van der Waals surface area contributed by atoms with Crippen LogP contribution in [0, 0.1) is 0 Å². The van der Waals surface area contributed by atoms with E-state index in [-0.39, 0.29) is 0 Å². The predicted octanol–water partition coefficient (Wildman–Crippen LogP) is 4.91. The summed E-state index contributed by atoms with van der Waals surface area (Å²) in [5, 5.41) is 0. The third-order valence-corrected chi connectivity index (χ3v) is 4.87. The number of ether oxygens (including phenoxy) is 1. The van der Waals surface area contributed by atoms with Crippen LogP contribution in [0.5, 0.6) is 5.75 Å². The zero-order chi connectivity index (χ0) is 16.9. The maximum absolute atomic E-state index is 5.88. The van der Waals surface area contributed by atoms with Crippen LogP contribution < -0.4 is 9.64 Å². The van der Waals surface area contributed by atoms with E-state index in [2.05, 4.69) is 83.8 Å². The molecule has 1 aliphatic rings. The van der Waals surface area contributed by atoms with Gasteiger partial charge in [0.1, 0.15) is 5.75 Å². The van der Waals surface area contributed by atoms with Crippen molar-refractivity contribution in [1.29, 1.82) is 0 Å². The van der Waals surface area contributed by atoms with Crippen molar-refractivity contribution in [3.05, 3.63) is 96.1 Å². The Kier molecular flexibility index (Phi) is 4.69. The summed E-state index contributed by atoms with van der Waals surface area (Å²) in [7, 11) is 0. The normalized spacial score (nSPS) is 15.4. The monoisotopic (exact) mass is 329 g/mol. The van der Waals surface area contributed by atoms with Gasteiger partial charge in [-0.1, -0.05) is 66.7 Å². The highest BCUT2D eigenvalue weighted by Gasteiger charge is 2.25. The van der Waals surface area contributed by atoms with Crippen molar-refractivity contribution in [2.75, 3.05) is 24.6 Å². The quantitative estimate of drug-likeness (QED) is 0.637. The lowest BCUT2D eigenvalue weighted by Gasteiger charge is -2.27. The number of nitrogens with zero attached hydrogens (tertiary/aromatic N) is 1. The molecule has 0 amide bonds. The maximum atomic E-state index is 5.88. The molecule has 0 aromatic heterocycles. The first-order valence-electron chi connectivity index (χ1n) is 8.96. The number of anilines is 1. The molecule has 1 heterocycles. The highest BCUT2D eigenvalue weighted by Crippen LogP contribution is 2.34. The minimum Gasteiger partial charge on any atom is -0.493 e. The predicted molar refractivity (Wildman–Crippen MR) is 103 cm³/mol. The molecule has 25 heavy (non-hydrogen) atoms. The van der Waals surface area contributed by atoms with Crippen LogP contribution in [0.3, 0.4) is 0 Å². The van der Waals surface area contributed by atoms with Gasteiger partial charge in [-0.05, 0) is 30.2 Å². The molecule has 2 nitrogen and oxygen atoms in total. The fourth-order valence-corrected chi connectivity index (χ4v) is 3.52. The van der Waals surface area contributed by atoms with Crippen LogP contribution in [0.15, 0.2) is 84.9 Å². The lowest BCUT2D eigenvalue weighted by molar-refractivity contribution is 0.331. The first-order chi connectivity index (χ1) is 12.4. The Labute approximate surface area is 149 Å². The van der Waals surface area contributed by atoms with E-state index < -0.39 is 0 Å².